The Morgan fingerprint density at radius 1 is 0.778 bits per heavy atom. The number of anilines is 1. The van der Waals surface area contributed by atoms with E-state index in [2.05, 4.69) is 62.0 Å². The van der Waals surface area contributed by atoms with Crippen molar-refractivity contribution < 1.29 is 149 Å². The smallest absolute Gasteiger partial charge is 1.00 e. The largest absolute Gasteiger partial charge is 1.00 e. The SMILES string of the molecule is C=CCc1cc([N+](=O)[O-])c(OC)cc1F.C=CCc1cc([N+](=O)[O-])c(OC)cc1N1CCC(N2CCN(C)CC2)CC1.CN1CCN(C2CCNCC2)CC1.O=CO[O-].[2H]CF.[H-].[K+].[K+]. The minimum absolute atomic E-state index is 0. The third-order valence-corrected chi connectivity index (χ3v) is 11.1. The zero-order valence-corrected chi connectivity index (χ0v) is 44.4. The third-order valence-electron chi connectivity index (χ3n) is 11.1. The van der Waals surface area contributed by atoms with E-state index in [0.29, 0.717) is 18.2 Å². The molecule has 0 bridgehead atoms. The van der Waals surface area contributed by atoms with Crippen molar-refractivity contribution in [1.82, 2.24) is 24.9 Å². The Morgan fingerprint density at radius 3 is 1.57 bits per heavy atom. The molecule has 0 atom stereocenters. The monoisotopic (exact) mass is 943 g/mol. The number of nitro benzene ring substituents is 2. The standard InChI is InChI=1S/C20H30N4O3.C10H10FNO3.C10H21N3.CH3F.CH2O3.2K.H/c1-4-5-16-14-19(24(25)26)20(27-3)15-18(16)23-8-6-17(7-9-23)22-12-10-21(2)11-13-22;1-3-4-7-5-9(12(13)14)10(15-2)6-8(7)11;1-12-6-8-13(9-7-12)10-2-4-11-5-3-10;1-2;2-1-4-3;;;/h4,14-15,17H,1,5-13H2,2-3H3;3,5-6H,1,4H2,2H3;10-11H,2-9H2,1H3;1H3;1,3H;;;/q;;;;;2*+1;-1/p-1/i;;;1D;;;;. The molecule has 1 N–H and O–H groups in total. The van der Waals surface area contributed by atoms with Crippen LogP contribution in [0.25, 0.3) is 0 Å². The van der Waals surface area contributed by atoms with E-state index in [1.54, 1.807) is 12.1 Å². The number of piperidine rings is 2. The van der Waals surface area contributed by atoms with Crippen LogP contribution in [0.3, 0.4) is 0 Å². The van der Waals surface area contributed by atoms with Gasteiger partial charge in [0.2, 0.25) is 0 Å². The van der Waals surface area contributed by atoms with E-state index in [-0.39, 0.29) is 145 Å². The van der Waals surface area contributed by atoms with Gasteiger partial charge in [-0.25, -0.2) is 4.39 Å². The van der Waals surface area contributed by atoms with Gasteiger partial charge in [0.1, 0.15) is 5.82 Å². The van der Waals surface area contributed by atoms with E-state index in [1.807, 2.05) is 6.07 Å². The summed E-state index contributed by atoms with van der Waals surface area (Å²) >= 11 is 0. The molecule has 0 spiro atoms. The summed E-state index contributed by atoms with van der Waals surface area (Å²) in [6.45, 7) is 21.1. The Kier molecular flexibility index (Phi) is 32.8. The van der Waals surface area contributed by atoms with Crippen molar-refractivity contribution in [3.63, 3.8) is 0 Å². The number of likely N-dealkylation sites (N-methyl/N-ethyl adjacent to an activating group) is 2. The summed E-state index contributed by atoms with van der Waals surface area (Å²) in [6.07, 6.45) is 9.08. The molecule has 4 aliphatic rings. The number of piperazine rings is 2. The molecule has 6 rings (SSSR count). The fourth-order valence-electron chi connectivity index (χ4n) is 7.74. The van der Waals surface area contributed by atoms with Crippen molar-refractivity contribution in [3.8, 4) is 11.5 Å². The number of hydrogen-bond donors (Lipinski definition) is 1. The van der Waals surface area contributed by atoms with Gasteiger partial charge >= 0.3 is 114 Å². The first-order valence-electron chi connectivity index (χ1n) is 21.0. The Hall–Kier alpha value is -1.52. The molecule has 0 unspecified atom stereocenters. The first-order valence-corrected chi connectivity index (χ1v) is 20.3. The molecule has 344 valence electrons. The number of rotatable bonds is 12. The van der Waals surface area contributed by atoms with Crippen molar-refractivity contribution in [2.75, 3.05) is 119 Å². The van der Waals surface area contributed by atoms with Crippen LogP contribution in [0.5, 0.6) is 11.5 Å². The molecule has 63 heavy (non-hydrogen) atoms. The van der Waals surface area contributed by atoms with Crippen LogP contribution in [-0.4, -0.2) is 162 Å². The van der Waals surface area contributed by atoms with Gasteiger partial charge in [0.15, 0.2) is 11.5 Å². The first-order chi connectivity index (χ1) is 29.8. The molecule has 17 nitrogen and oxygen atoms in total. The first kappa shape index (κ1) is 59.5. The van der Waals surface area contributed by atoms with Crippen LogP contribution in [0.1, 0.15) is 39.6 Å². The number of nitro groups is 2. The Labute approximate surface area is 459 Å². The molecule has 4 aliphatic heterocycles. The minimum atomic E-state index is -1.00. The van der Waals surface area contributed by atoms with Gasteiger partial charge in [0, 0.05) is 107 Å². The van der Waals surface area contributed by atoms with Gasteiger partial charge in [0.25, 0.3) is 6.47 Å². The fraction of sp³-hybridized carbons (Fsp3) is 0.595. The molecule has 0 amide bonds. The number of nitrogens with zero attached hydrogens (tertiary/aromatic N) is 7. The summed E-state index contributed by atoms with van der Waals surface area (Å²) in [6, 6.07) is 7.15. The molecular weight excluding hydrogens is 877 g/mol. The molecule has 0 radical (unpaired) electrons. The minimum Gasteiger partial charge on any atom is -1.00 e. The summed E-state index contributed by atoms with van der Waals surface area (Å²) in [5.74, 6) is -0.285. The average Bonchev–Trinajstić information content (AvgIpc) is 3.28. The van der Waals surface area contributed by atoms with E-state index < -0.39 is 17.9 Å². The second kappa shape index (κ2) is 34.7. The number of nitrogens with one attached hydrogen (secondary N) is 1. The van der Waals surface area contributed by atoms with Crippen molar-refractivity contribution in [2.24, 2.45) is 0 Å². The van der Waals surface area contributed by atoms with Crippen molar-refractivity contribution in [1.29, 1.82) is 0 Å². The van der Waals surface area contributed by atoms with Crippen molar-refractivity contribution >= 4 is 23.5 Å². The van der Waals surface area contributed by atoms with Crippen LogP contribution >= 0.6 is 0 Å². The predicted octanol–water partition coefficient (Wildman–Crippen LogP) is -1.85. The van der Waals surface area contributed by atoms with Gasteiger partial charge in [-0.3, -0.25) is 39.2 Å². The van der Waals surface area contributed by atoms with Gasteiger partial charge in [-0.2, -0.15) is 0 Å². The maximum absolute atomic E-state index is 13.3. The number of benzene rings is 2. The molecular formula is C42H66F2K2N8O9. The van der Waals surface area contributed by atoms with Crippen LogP contribution in [0.4, 0.5) is 25.8 Å². The molecule has 0 aromatic heterocycles. The summed E-state index contributed by atoms with van der Waals surface area (Å²) in [7, 11) is 6.15. The Bertz CT molecular complexity index is 1690. The summed E-state index contributed by atoms with van der Waals surface area (Å²) in [4.78, 5) is 44.7. The second-order valence-corrected chi connectivity index (χ2v) is 14.8. The fourth-order valence-corrected chi connectivity index (χ4v) is 7.74. The van der Waals surface area contributed by atoms with E-state index in [4.69, 9.17) is 20.9 Å². The molecule has 0 aliphatic carbocycles. The quantitative estimate of drug-likeness (QED) is 0.0625. The summed E-state index contributed by atoms with van der Waals surface area (Å²) < 4.78 is 38.8. The maximum atomic E-state index is 13.3. The zero-order chi connectivity index (χ0) is 46.0. The van der Waals surface area contributed by atoms with E-state index in [1.165, 1.54) is 72.4 Å². The van der Waals surface area contributed by atoms with Crippen LogP contribution in [0, 0.1) is 26.0 Å². The predicted molar refractivity (Wildman–Crippen MR) is 232 cm³/mol. The summed E-state index contributed by atoms with van der Waals surface area (Å²) in [5, 5.41) is 33.8. The number of alkyl halides is 1. The van der Waals surface area contributed by atoms with Gasteiger partial charge in [-0.15, -0.1) is 13.2 Å². The normalized spacial score (nSPS) is 17.5. The molecule has 2 aromatic carbocycles. The molecule has 4 heterocycles. The molecule has 4 saturated heterocycles. The number of ether oxygens (including phenoxy) is 2. The summed E-state index contributed by atoms with van der Waals surface area (Å²) in [5.41, 5.74) is 1.99. The van der Waals surface area contributed by atoms with Crippen LogP contribution in [0.15, 0.2) is 49.6 Å². The van der Waals surface area contributed by atoms with Crippen LogP contribution in [0.2, 0.25) is 0 Å². The molecule has 4 fully saturated rings. The topological polar surface area (TPSA) is 182 Å². The van der Waals surface area contributed by atoms with Crippen molar-refractivity contribution in [2.45, 2.75) is 50.6 Å². The second-order valence-electron chi connectivity index (χ2n) is 14.8. The molecule has 21 heteroatoms. The molecule has 2 aromatic rings. The third kappa shape index (κ3) is 20.9. The Morgan fingerprint density at radius 2 is 1.17 bits per heavy atom. The number of hydrogen-bond acceptors (Lipinski definition) is 15. The van der Waals surface area contributed by atoms with Crippen LogP contribution < -0.4 is 128 Å². The van der Waals surface area contributed by atoms with Gasteiger partial charge < -0.3 is 41.1 Å². The zero-order valence-electron chi connectivity index (χ0n) is 40.1. The average molecular weight is 944 g/mol. The maximum Gasteiger partial charge on any atom is 1.00 e. The van der Waals surface area contributed by atoms with E-state index in [9.17, 15) is 29.0 Å². The number of methoxy groups -OCH3 is 2. The number of carbonyl (C=O) groups is 1. The van der Waals surface area contributed by atoms with Gasteiger partial charge in [-0.1, -0.05) is 12.2 Å². The van der Waals surface area contributed by atoms with Gasteiger partial charge in [-0.05, 0) is 76.8 Å². The van der Waals surface area contributed by atoms with E-state index >= 15 is 0 Å². The van der Waals surface area contributed by atoms with Crippen LogP contribution in [-0.2, 0) is 22.5 Å². The molecule has 0 saturated carbocycles. The number of allylic oxidation sites excluding steroid dienone is 2. The Balaban J connectivity index is 0. The number of carbonyl (C=O) groups excluding carboxylic acids is 1. The van der Waals surface area contributed by atoms with E-state index in [0.717, 1.165) is 81.5 Å². The van der Waals surface area contributed by atoms with Crippen molar-refractivity contribution in [3.05, 3.63) is 86.7 Å². The number of halogens is 2. The van der Waals surface area contributed by atoms with Gasteiger partial charge in [0.05, 0.1) is 32.6 Å².